The number of rotatable bonds is 10. The van der Waals surface area contributed by atoms with Gasteiger partial charge in [-0.25, -0.2) is 4.79 Å². The third-order valence-electron chi connectivity index (χ3n) is 7.42. The fraction of sp³-hybridized carbons (Fsp3) is 0.621. The van der Waals surface area contributed by atoms with Crippen LogP contribution >= 0.6 is 11.6 Å². The number of aromatic amines is 1. The second kappa shape index (κ2) is 13.0. The van der Waals surface area contributed by atoms with E-state index in [1.54, 1.807) is 31.9 Å². The van der Waals surface area contributed by atoms with Crippen LogP contribution in [0.15, 0.2) is 24.4 Å². The van der Waals surface area contributed by atoms with E-state index in [2.05, 4.69) is 20.5 Å². The van der Waals surface area contributed by atoms with Gasteiger partial charge in [-0.15, -0.1) is 0 Å². The molecule has 0 spiro atoms. The quantitative estimate of drug-likeness (QED) is 0.369. The number of nitrogens with zero attached hydrogens (tertiary/aromatic N) is 2. The Kier molecular flexibility index (Phi) is 9.77. The molecule has 4 rings (SSSR count). The van der Waals surface area contributed by atoms with Crippen molar-refractivity contribution in [1.82, 2.24) is 25.4 Å². The van der Waals surface area contributed by atoms with Crippen molar-refractivity contribution in [1.29, 1.82) is 0 Å². The molecule has 214 valence electrons. The molecule has 3 heterocycles. The number of H-pyrrole nitrogens is 1. The molecule has 2 aromatic rings. The molecule has 2 aliphatic rings. The van der Waals surface area contributed by atoms with E-state index in [1.807, 2.05) is 18.2 Å². The number of carbonyl (C=O) groups is 3. The van der Waals surface area contributed by atoms with Gasteiger partial charge in [0.1, 0.15) is 17.7 Å². The number of carbonyl (C=O) groups excluding carboxylic acids is 3. The second-order valence-corrected chi connectivity index (χ2v) is 12.1. The maximum atomic E-state index is 13.5. The summed E-state index contributed by atoms with van der Waals surface area (Å²) in [4.78, 5) is 46.2. The van der Waals surface area contributed by atoms with Gasteiger partial charge < -0.3 is 30.2 Å². The molecule has 2 aliphatic heterocycles. The highest BCUT2D eigenvalue weighted by Crippen LogP contribution is 2.25. The molecule has 1 aromatic carbocycles. The molecule has 2 saturated heterocycles. The third kappa shape index (κ3) is 8.11. The molecular formula is C29H42ClN5O4. The summed E-state index contributed by atoms with van der Waals surface area (Å²) in [5, 5.41) is 7.28. The van der Waals surface area contributed by atoms with Gasteiger partial charge in [-0.3, -0.25) is 9.59 Å². The van der Waals surface area contributed by atoms with Gasteiger partial charge in [0.2, 0.25) is 11.8 Å². The van der Waals surface area contributed by atoms with E-state index in [4.69, 9.17) is 16.3 Å². The number of fused-ring (bicyclic) bond motifs is 1. The van der Waals surface area contributed by atoms with E-state index in [0.717, 1.165) is 48.9 Å². The highest BCUT2D eigenvalue weighted by Gasteiger charge is 2.40. The van der Waals surface area contributed by atoms with Gasteiger partial charge in [-0.2, -0.15) is 0 Å². The van der Waals surface area contributed by atoms with E-state index in [9.17, 15) is 14.4 Å². The zero-order chi connectivity index (χ0) is 28.0. The Morgan fingerprint density at radius 3 is 2.59 bits per heavy atom. The highest BCUT2D eigenvalue weighted by molar-refractivity contribution is 6.35. The number of halogens is 1. The molecule has 0 saturated carbocycles. The number of unbranched alkanes of at least 4 members (excludes halogenated alkanes) is 1. The lowest BCUT2D eigenvalue weighted by Gasteiger charge is -2.41. The molecule has 1 aromatic heterocycles. The van der Waals surface area contributed by atoms with Gasteiger partial charge >= 0.3 is 6.09 Å². The van der Waals surface area contributed by atoms with Crippen LogP contribution in [0.2, 0.25) is 5.02 Å². The Bertz CT molecular complexity index is 1150. The number of nitrogens with one attached hydrogen (secondary N) is 3. The highest BCUT2D eigenvalue weighted by atomic mass is 35.5. The van der Waals surface area contributed by atoms with Gasteiger partial charge in [0.25, 0.3) is 0 Å². The van der Waals surface area contributed by atoms with E-state index in [0.29, 0.717) is 31.0 Å². The minimum absolute atomic E-state index is 0.198. The van der Waals surface area contributed by atoms with Crippen LogP contribution in [0.1, 0.15) is 71.3 Å². The van der Waals surface area contributed by atoms with Gasteiger partial charge in [-0.05, 0) is 96.6 Å². The van der Waals surface area contributed by atoms with Crippen LogP contribution in [0.5, 0.6) is 0 Å². The fourth-order valence-electron chi connectivity index (χ4n) is 5.25. The summed E-state index contributed by atoms with van der Waals surface area (Å²) in [6.45, 7) is 9.47. The second-order valence-electron chi connectivity index (χ2n) is 11.7. The van der Waals surface area contributed by atoms with Gasteiger partial charge in [-0.1, -0.05) is 24.1 Å². The Balaban J connectivity index is 1.32. The molecule has 3 amide bonds. The normalized spacial score (nSPS) is 18.9. The van der Waals surface area contributed by atoms with Crippen LogP contribution in [-0.4, -0.2) is 76.6 Å². The molecule has 9 nitrogen and oxygen atoms in total. The van der Waals surface area contributed by atoms with Crippen LogP contribution in [-0.2, 0) is 20.9 Å². The van der Waals surface area contributed by atoms with Crippen LogP contribution in [0, 0.1) is 0 Å². The molecule has 2 fully saturated rings. The molecule has 10 heteroatoms. The largest absolute Gasteiger partial charge is 0.444 e. The van der Waals surface area contributed by atoms with Crippen LogP contribution in [0.3, 0.4) is 0 Å². The number of hydrogen-bond acceptors (Lipinski definition) is 5. The van der Waals surface area contributed by atoms with E-state index < -0.39 is 23.8 Å². The van der Waals surface area contributed by atoms with Gasteiger partial charge in [0.15, 0.2) is 0 Å². The summed E-state index contributed by atoms with van der Waals surface area (Å²) in [6, 6.07) is 4.54. The first-order valence-electron chi connectivity index (χ1n) is 14.2. The zero-order valence-corrected chi connectivity index (χ0v) is 24.1. The molecule has 2 atom stereocenters. The maximum absolute atomic E-state index is 13.5. The lowest BCUT2D eigenvalue weighted by Crippen LogP contribution is -2.62. The number of aromatic nitrogens is 1. The predicted molar refractivity (Wildman–Crippen MR) is 153 cm³/mol. The summed E-state index contributed by atoms with van der Waals surface area (Å²) in [5.74, 6) is -0.429. The van der Waals surface area contributed by atoms with Gasteiger partial charge in [0.05, 0.1) is 5.02 Å². The summed E-state index contributed by atoms with van der Waals surface area (Å²) < 4.78 is 5.43. The van der Waals surface area contributed by atoms with E-state index >= 15 is 0 Å². The molecule has 1 unspecified atom stereocenters. The Labute approximate surface area is 235 Å². The first-order chi connectivity index (χ1) is 18.6. The molecule has 0 bridgehead atoms. The summed E-state index contributed by atoms with van der Waals surface area (Å²) in [7, 11) is 0. The first kappa shape index (κ1) is 29.2. The van der Waals surface area contributed by atoms with Crippen LogP contribution < -0.4 is 10.6 Å². The average Bonchev–Trinajstić information content (AvgIpc) is 3.23. The lowest BCUT2D eigenvalue weighted by atomic mass is 9.98. The zero-order valence-electron chi connectivity index (χ0n) is 23.4. The summed E-state index contributed by atoms with van der Waals surface area (Å²) >= 11 is 6.23. The Hall–Kier alpha value is -2.78. The minimum atomic E-state index is -0.727. The lowest BCUT2D eigenvalue weighted by molar-refractivity contribution is -0.149. The monoisotopic (exact) mass is 559 g/mol. The smallest absolute Gasteiger partial charge is 0.408 e. The minimum Gasteiger partial charge on any atom is -0.444 e. The van der Waals surface area contributed by atoms with Crippen molar-refractivity contribution in [3.63, 3.8) is 0 Å². The van der Waals surface area contributed by atoms with Crippen LogP contribution in [0.4, 0.5) is 4.79 Å². The molecule has 0 radical (unpaired) electrons. The Morgan fingerprint density at radius 2 is 1.90 bits per heavy atom. The van der Waals surface area contributed by atoms with Crippen molar-refractivity contribution in [3.8, 4) is 0 Å². The standard InChI is InChI=1S/C29H42ClN5O4/c1-29(2,3)39-28(38)33-24(9-5-8-15-34-13-6-4-7-14-34)27(37)35-16-12-25(35)26(36)32-18-20-10-11-23-21(17-20)22(30)19-31-23/h10-11,17,19,24-25,31H,4-9,12-16,18H2,1-3H3,(H,32,36)(H,33,38)/t24?,25-/m0/s1. The number of alkyl carbamates (subject to hydrolysis) is 1. The number of hydrogen-bond donors (Lipinski definition) is 3. The van der Waals surface area contributed by atoms with E-state index in [1.165, 1.54) is 19.3 Å². The first-order valence-corrected chi connectivity index (χ1v) is 14.5. The fourth-order valence-corrected chi connectivity index (χ4v) is 5.46. The predicted octanol–water partition coefficient (Wildman–Crippen LogP) is 4.59. The SMILES string of the molecule is CC(C)(C)OC(=O)NC(CCCCN1CCCCC1)C(=O)N1CC[C@H]1C(=O)NCc1ccc2[nH]cc(Cl)c2c1. The number of piperidine rings is 1. The number of likely N-dealkylation sites (tertiary alicyclic amines) is 2. The topological polar surface area (TPSA) is 107 Å². The van der Waals surface area contributed by atoms with Crippen molar-refractivity contribution >= 4 is 40.4 Å². The maximum Gasteiger partial charge on any atom is 0.408 e. The summed E-state index contributed by atoms with van der Waals surface area (Å²) in [5.41, 5.74) is 1.19. The molecule has 39 heavy (non-hydrogen) atoms. The van der Waals surface area contributed by atoms with E-state index in [-0.39, 0.29) is 11.8 Å². The van der Waals surface area contributed by atoms with Crippen molar-refractivity contribution < 1.29 is 19.1 Å². The third-order valence-corrected chi connectivity index (χ3v) is 7.74. The van der Waals surface area contributed by atoms with Crippen molar-refractivity contribution in [2.45, 2.75) is 89.9 Å². The van der Waals surface area contributed by atoms with Crippen LogP contribution in [0.25, 0.3) is 10.9 Å². The molecule has 3 N–H and O–H groups in total. The summed E-state index contributed by atoms with van der Waals surface area (Å²) in [6.07, 6.45) is 7.77. The molecule has 0 aliphatic carbocycles. The average molecular weight is 560 g/mol. The Morgan fingerprint density at radius 1 is 1.13 bits per heavy atom. The van der Waals surface area contributed by atoms with Gasteiger partial charge in [0, 0.05) is 30.2 Å². The number of benzene rings is 1. The van der Waals surface area contributed by atoms with Crippen molar-refractivity contribution in [2.75, 3.05) is 26.2 Å². The number of amides is 3. The van der Waals surface area contributed by atoms with Crippen molar-refractivity contribution in [2.24, 2.45) is 0 Å². The van der Waals surface area contributed by atoms with Crippen molar-refractivity contribution in [3.05, 3.63) is 35.0 Å². The molecular weight excluding hydrogens is 518 g/mol. The number of ether oxygens (including phenoxy) is 1.